The van der Waals surface area contributed by atoms with Crippen LogP contribution >= 0.6 is 35.5 Å². The number of aromatic nitrogens is 2. The average molecular weight is 252 g/mol. The molecule has 14 heavy (non-hydrogen) atoms. The summed E-state index contributed by atoms with van der Waals surface area (Å²) in [7, 11) is 0. The van der Waals surface area contributed by atoms with Crippen molar-refractivity contribution < 1.29 is 0 Å². The van der Waals surface area contributed by atoms with Gasteiger partial charge in [0.25, 0.3) is 0 Å². The normalized spacial score (nSPS) is 21.6. The number of hydrogen-bond donors (Lipinski definition) is 1. The molecule has 0 aliphatic carbocycles. The summed E-state index contributed by atoms with van der Waals surface area (Å²) in [5.41, 5.74) is 0. The topological polar surface area (TPSA) is 37.8 Å². The Kier molecular flexibility index (Phi) is 5.15. The monoisotopic (exact) mass is 251 g/mol. The Hall–Kier alpha value is 0.160. The van der Waals surface area contributed by atoms with Crippen LogP contribution in [0.4, 0.5) is 0 Å². The van der Waals surface area contributed by atoms with Crippen molar-refractivity contribution in [3.63, 3.8) is 0 Å². The largest absolute Gasteiger partial charge is 0.316 e. The van der Waals surface area contributed by atoms with E-state index in [1.807, 2.05) is 18.7 Å². The fourth-order valence-electron chi connectivity index (χ4n) is 1.39. The fraction of sp³-hybridized carbons (Fsp3) is 0.750. The molecule has 2 rings (SSSR count). The van der Waals surface area contributed by atoms with Gasteiger partial charge in [0, 0.05) is 11.8 Å². The van der Waals surface area contributed by atoms with Gasteiger partial charge in [-0.2, -0.15) is 0 Å². The smallest absolute Gasteiger partial charge is 0.174 e. The zero-order valence-electron chi connectivity index (χ0n) is 8.02. The van der Waals surface area contributed by atoms with Crippen LogP contribution < -0.4 is 5.32 Å². The van der Waals surface area contributed by atoms with Crippen molar-refractivity contribution >= 4 is 35.5 Å². The van der Waals surface area contributed by atoms with Crippen LogP contribution in [0.3, 0.4) is 0 Å². The first-order valence-corrected chi connectivity index (χ1v) is 6.22. The summed E-state index contributed by atoms with van der Waals surface area (Å²) < 4.78 is 1.12. The Labute approximate surface area is 98.5 Å². The lowest BCUT2D eigenvalue weighted by Crippen LogP contribution is -2.31. The molecule has 2 heterocycles. The van der Waals surface area contributed by atoms with Gasteiger partial charge in [-0.15, -0.1) is 22.6 Å². The third-order valence-corrected chi connectivity index (χ3v) is 4.22. The molecule has 0 aromatic carbocycles. The van der Waals surface area contributed by atoms with Crippen LogP contribution in [0.1, 0.15) is 17.8 Å². The minimum atomic E-state index is 0. The molecule has 1 fully saturated rings. The third kappa shape index (κ3) is 3.38. The van der Waals surface area contributed by atoms with E-state index in [1.54, 1.807) is 11.3 Å². The molecule has 1 unspecified atom stereocenters. The summed E-state index contributed by atoms with van der Waals surface area (Å²) in [6.07, 6.45) is 2.59. The highest BCUT2D eigenvalue weighted by molar-refractivity contribution is 8.01. The highest BCUT2D eigenvalue weighted by Gasteiger charge is 2.15. The van der Waals surface area contributed by atoms with Crippen LogP contribution in [0.25, 0.3) is 0 Å². The standard InChI is InChI=1S/C8H13N3S2.ClH/c1-6-10-11-8(12-6)13-7-3-2-4-9-5-7;/h7,9H,2-5H2,1H3;1H. The summed E-state index contributed by atoms with van der Waals surface area (Å²) in [4.78, 5) is 0. The SMILES string of the molecule is Cc1nnc(SC2CCCNC2)s1.Cl. The molecule has 0 radical (unpaired) electrons. The lowest BCUT2D eigenvalue weighted by atomic mass is 10.2. The maximum Gasteiger partial charge on any atom is 0.174 e. The van der Waals surface area contributed by atoms with Gasteiger partial charge in [0.15, 0.2) is 4.34 Å². The van der Waals surface area contributed by atoms with Crippen LogP contribution in [0.15, 0.2) is 4.34 Å². The van der Waals surface area contributed by atoms with Gasteiger partial charge in [-0.05, 0) is 26.3 Å². The van der Waals surface area contributed by atoms with E-state index < -0.39 is 0 Å². The quantitative estimate of drug-likeness (QED) is 0.874. The second-order valence-electron chi connectivity index (χ2n) is 3.17. The van der Waals surface area contributed by atoms with Crippen molar-refractivity contribution in [1.29, 1.82) is 0 Å². The second-order valence-corrected chi connectivity index (χ2v) is 5.90. The van der Waals surface area contributed by atoms with Gasteiger partial charge in [0.1, 0.15) is 5.01 Å². The van der Waals surface area contributed by atoms with Gasteiger partial charge < -0.3 is 5.32 Å². The molecule has 1 aromatic heterocycles. The molecule has 0 spiro atoms. The molecule has 1 aromatic rings. The number of hydrogen-bond acceptors (Lipinski definition) is 5. The van der Waals surface area contributed by atoms with Gasteiger partial charge in [-0.1, -0.05) is 23.1 Å². The van der Waals surface area contributed by atoms with Gasteiger partial charge in [0.05, 0.1) is 0 Å². The predicted octanol–water partition coefficient (Wildman–Crippen LogP) is 2.11. The predicted molar refractivity (Wildman–Crippen MR) is 63.6 cm³/mol. The molecule has 1 aliphatic rings. The van der Waals surface area contributed by atoms with Gasteiger partial charge in [0.2, 0.25) is 0 Å². The molecule has 1 aliphatic heterocycles. The lowest BCUT2D eigenvalue weighted by molar-refractivity contribution is 0.531. The Morgan fingerprint density at radius 2 is 2.36 bits per heavy atom. The number of nitrogens with zero attached hydrogens (tertiary/aromatic N) is 2. The summed E-state index contributed by atoms with van der Waals surface area (Å²) >= 11 is 3.56. The molecule has 6 heteroatoms. The average Bonchev–Trinajstić information content (AvgIpc) is 2.53. The van der Waals surface area contributed by atoms with Crippen molar-refractivity contribution in [1.82, 2.24) is 15.5 Å². The minimum Gasteiger partial charge on any atom is -0.316 e. The van der Waals surface area contributed by atoms with E-state index in [0.717, 1.165) is 15.9 Å². The Bertz CT molecular complexity index is 273. The van der Waals surface area contributed by atoms with E-state index in [0.29, 0.717) is 5.25 Å². The second kappa shape index (κ2) is 5.90. The van der Waals surface area contributed by atoms with Crippen LogP contribution in [0.2, 0.25) is 0 Å². The Morgan fingerprint density at radius 3 is 2.93 bits per heavy atom. The minimum absolute atomic E-state index is 0. The molecule has 1 atom stereocenters. The van der Waals surface area contributed by atoms with E-state index in [1.165, 1.54) is 19.4 Å². The van der Waals surface area contributed by atoms with E-state index in [-0.39, 0.29) is 12.4 Å². The van der Waals surface area contributed by atoms with Crippen molar-refractivity contribution in [3.8, 4) is 0 Å². The number of thioether (sulfide) groups is 1. The first-order chi connectivity index (χ1) is 6.34. The van der Waals surface area contributed by atoms with Gasteiger partial charge in [-0.25, -0.2) is 0 Å². The van der Waals surface area contributed by atoms with Crippen molar-refractivity contribution in [2.75, 3.05) is 13.1 Å². The number of nitrogens with one attached hydrogen (secondary N) is 1. The molecule has 1 saturated heterocycles. The van der Waals surface area contributed by atoms with Crippen molar-refractivity contribution in [2.24, 2.45) is 0 Å². The van der Waals surface area contributed by atoms with Crippen LogP contribution in [-0.2, 0) is 0 Å². The van der Waals surface area contributed by atoms with Crippen molar-refractivity contribution in [2.45, 2.75) is 29.4 Å². The summed E-state index contributed by atoms with van der Waals surface area (Å²) in [5, 5.41) is 13.3. The lowest BCUT2D eigenvalue weighted by Gasteiger charge is -2.20. The zero-order valence-corrected chi connectivity index (χ0v) is 10.5. The summed E-state index contributed by atoms with van der Waals surface area (Å²) in [5.74, 6) is 0. The molecule has 0 bridgehead atoms. The van der Waals surface area contributed by atoms with E-state index >= 15 is 0 Å². The maximum atomic E-state index is 4.11. The van der Waals surface area contributed by atoms with E-state index in [2.05, 4.69) is 15.5 Å². The number of aryl methyl sites for hydroxylation is 1. The summed E-state index contributed by atoms with van der Waals surface area (Å²) in [6.45, 7) is 4.29. The highest BCUT2D eigenvalue weighted by Crippen LogP contribution is 2.29. The number of halogens is 1. The Balaban J connectivity index is 0.000000980. The summed E-state index contributed by atoms with van der Waals surface area (Å²) in [6, 6.07) is 0. The van der Waals surface area contributed by atoms with Crippen LogP contribution in [-0.4, -0.2) is 28.5 Å². The fourth-order valence-corrected chi connectivity index (χ4v) is 3.63. The number of piperidine rings is 1. The first kappa shape index (κ1) is 12.2. The molecule has 80 valence electrons. The molecule has 1 N–H and O–H groups in total. The zero-order chi connectivity index (χ0) is 9.10. The maximum absolute atomic E-state index is 4.11. The molecule has 0 saturated carbocycles. The molecule has 3 nitrogen and oxygen atoms in total. The van der Waals surface area contributed by atoms with Gasteiger partial charge in [-0.3, -0.25) is 0 Å². The van der Waals surface area contributed by atoms with E-state index in [4.69, 9.17) is 0 Å². The van der Waals surface area contributed by atoms with Crippen molar-refractivity contribution in [3.05, 3.63) is 5.01 Å². The Morgan fingerprint density at radius 1 is 1.50 bits per heavy atom. The van der Waals surface area contributed by atoms with Gasteiger partial charge >= 0.3 is 0 Å². The highest BCUT2D eigenvalue weighted by atomic mass is 35.5. The third-order valence-electron chi connectivity index (χ3n) is 2.03. The molecular formula is C8H14ClN3S2. The van der Waals surface area contributed by atoms with Crippen LogP contribution in [0, 0.1) is 6.92 Å². The van der Waals surface area contributed by atoms with Crippen LogP contribution in [0.5, 0.6) is 0 Å². The molecular weight excluding hydrogens is 238 g/mol. The first-order valence-electron chi connectivity index (χ1n) is 4.52. The van der Waals surface area contributed by atoms with E-state index in [9.17, 15) is 0 Å². The molecule has 0 amide bonds. The number of rotatable bonds is 2.